The number of methoxy groups -OCH3 is 1. The van der Waals surface area contributed by atoms with Gasteiger partial charge in [-0.1, -0.05) is 48.5 Å². The Morgan fingerprint density at radius 3 is 2.27 bits per heavy atom. The lowest BCUT2D eigenvalue weighted by atomic mass is 9.95. The van der Waals surface area contributed by atoms with Crippen LogP contribution in [0, 0.1) is 0 Å². The summed E-state index contributed by atoms with van der Waals surface area (Å²) < 4.78 is 7.21. The Morgan fingerprint density at radius 1 is 0.909 bits per heavy atom. The van der Waals surface area contributed by atoms with Gasteiger partial charge in [0.25, 0.3) is 11.7 Å². The fraction of sp³-hybridized carbons (Fsp3) is 0.111. The van der Waals surface area contributed by atoms with Gasteiger partial charge in [-0.05, 0) is 30.3 Å². The summed E-state index contributed by atoms with van der Waals surface area (Å²) in [4.78, 5) is 28.1. The molecule has 1 aliphatic heterocycles. The van der Waals surface area contributed by atoms with E-state index in [1.54, 1.807) is 55.6 Å². The van der Waals surface area contributed by atoms with Gasteiger partial charge >= 0.3 is 0 Å². The van der Waals surface area contributed by atoms with E-state index in [1.165, 1.54) is 4.90 Å². The fourth-order valence-corrected chi connectivity index (χ4v) is 4.48. The van der Waals surface area contributed by atoms with Gasteiger partial charge in [-0.25, -0.2) is 0 Å². The minimum Gasteiger partial charge on any atom is -0.507 e. The van der Waals surface area contributed by atoms with Crippen molar-refractivity contribution in [3.8, 4) is 5.75 Å². The summed E-state index contributed by atoms with van der Waals surface area (Å²) in [6.07, 6.45) is 1.91. The molecule has 1 unspecified atom stereocenters. The van der Waals surface area contributed by atoms with E-state index in [4.69, 9.17) is 4.74 Å². The molecule has 1 amide bonds. The van der Waals surface area contributed by atoms with Crippen LogP contribution in [0.4, 0.5) is 5.69 Å². The monoisotopic (exact) mass is 438 g/mol. The maximum absolute atomic E-state index is 13.3. The molecular weight excluding hydrogens is 416 g/mol. The van der Waals surface area contributed by atoms with Gasteiger partial charge in [0.1, 0.15) is 11.5 Å². The third-order valence-electron chi connectivity index (χ3n) is 6.06. The number of rotatable bonds is 4. The quantitative estimate of drug-likeness (QED) is 0.282. The second-order valence-corrected chi connectivity index (χ2v) is 7.95. The normalized spacial score (nSPS) is 17.6. The maximum Gasteiger partial charge on any atom is 0.300 e. The molecule has 6 nitrogen and oxygen atoms in total. The highest BCUT2D eigenvalue weighted by atomic mass is 16.5. The molecule has 1 aliphatic rings. The molecule has 1 atom stereocenters. The van der Waals surface area contributed by atoms with Crippen LogP contribution in [0.2, 0.25) is 0 Å². The lowest BCUT2D eigenvalue weighted by Crippen LogP contribution is -2.29. The van der Waals surface area contributed by atoms with E-state index in [-0.39, 0.29) is 11.3 Å². The Hall–Kier alpha value is -4.32. The molecule has 0 spiro atoms. The van der Waals surface area contributed by atoms with Gasteiger partial charge in [-0.2, -0.15) is 0 Å². The zero-order chi connectivity index (χ0) is 23.1. The molecule has 1 aromatic heterocycles. The van der Waals surface area contributed by atoms with Crippen LogP contribution >= 0.6 is 0 Å². The molecule has 0 radical (unpaired) electrons. The third-order valence-corrected chi connectivity index (χ3v) is 6.06. The summed E-state index contributed by atoms with van der Waals surface area (Å²) in [5.41, 5.74) is 2.82. The van der Waals surface area contributed by atoms with Crippen molar-refractivity contribution in [2.45, 2.75) is 6.04 Å². The molecule has 1 fully saturated rings. The molecule has 4 aromatic rings. The second-order valence-electron chi connectivity index (χ2n) is 7.95. The van der Waals surface area contributed by atoms with E-state index in [0.717, 1.165) is 16.5 Å². The summed E-state index contributed by atoms with van der Waals surface area (Å²) in [6.45, 7) is 0. The Morgan fingerprint density at radius 2 is 1.58 bits per heavy atom. The number of carbonyl (C=O) groups is 2. The number of nitrogens with zero attached hydrogens (tertiary/aromatic N) is 2. The number of hydrogen-bond donors (Lipinski definition) is 1. The summed E-state index contributed by atoms with van der Waals surface area (Å²) >= 11 is 0. The Kier molecular flexibility index (Phi) is 4.98. The van der Waals surface area contributed by atoms with Crippen LogP contribution in [-0.4, -0.2) is 28.5 Å². The average Bonchev–Trinajstić information content (AvgIpc) is 3.33. The smallest absolute Gasteiger partial charge is 0.300 e. The van der Waals surface area contributed by atoms with E-state index in [2.05, 4.69) is 0 Å². The molecular formula is C27H22N2O4. The van der Waals surface area contributed by atoms with Crippen LogP contribution in [0.5, 0.6) is 5.75 Å². The Balaban J connectivity index is 1.78. The minimum absolute atomic E-state index is 0.0679. The van der Waals surface area contributed by atoms with Crippen LogP contribution in [-0.2, 0) is 16.6 Å². The average molecular weight is 438 g/mol. The number of carbonyl (C=O) groups excluding carboxylic acids is 2. The number of hydrogen-bond acceptors (Lipinski definition) is 4. The number of ketones is 1. The number of amides is 1. The number of fused-ring (bicyclic) bond motifs is 1. The number of para-hydroxylation sites is 1. The van der Waals surface area contributed by atoms with E-state index >= 15 is 0 Å². The summed E-state index contributed by atoms with van der Waals surface area (Å²) in [6, 6.07) is 22.8. The Labute approximate surface area is 190 Å². The SMILES string of the molecule is COc1ccc(N2C(=O)C(=O)/C(=C(/O)c3ccccc3)C2c2cn(C)c3ccccc23)cc1. The van der Waals surface area contributed by atoms with Crippen molar-refractivity contribution in [2.75, 3.05) is 12.0 Å². The predicted octanol–water partition coefficient (Wildman–Crippen LogP) is 4.81. The highest BCUT2D eigenvalue weighted by Crippen LogP contribution is 2.44. The number of Topliss-reactive ketones (excluding diaryl/α,β-unsaturated/α-hetero) is 1. The van der Waals surface area contributed by atoms with Gasteiger partial charge in [0, 0.05) is 41.0 Å². The Bertz CT molecular complexity index is 1400. The van der Waals surface area contributed by atoms with Gasteiger partial charge in [0.05, 0.1) is 18.7 Å². The highest BCUT2D eigenvalue weighted by Gasteiger charge is 2.47. The van der Waals surface area contributed by atoms with Crippen molar-refractivity contribution >= 4 is 34.0 Å². The minimum atomic E-state index is -0.787. The van der Waals surface area contributed by atoms with E-state index in [0.29, 0.717) is 17.0 Å². The van der Waals surface area contributed by atoms with Crippen molar-refractivity contribution in [2.24, 2.45) is 7.05 Å². The lowest BCUT2D eigenvalue weighted by molar-refractivity contribution is -0.132. The molecule has 1 saturated heterocycles. The van der Waals surface area contributed by atoms with Crippen molar-refractivity contribution < 1.29 is 19.4 Å². The molecule has 0 bridgehead atoms. The van der Waals surface area contributed by atoms with Gasteiger partial charge in [-0.15, -0.1) is 0 Å². The largest absolute Gasteiger partial charge is 0.507 e. The molecule has 1 N–H and O–H groups in total. The highest BCUT2D eigenvalue weighted by molar-refractivity contribution is 6.51. The van der Waals surface area contributed by atoms with E-state index in [1.807, 2.05) is 48.1 Å². The standard InChI is InChI=1S/C27H22N2O4/c1-28-16-21(20-10-6-7-11-22(20)28)24-23(25(30)17-8-4-3-5-9-17)26(31)27(32)29(24)18-12-14-19(33-2)15-13-18/h3-16,24,30H,1-2H3/b25-23+. The van der Waals surface area contributed by atoms with E-state index in [9.17, 15) is 14.7 Å². The number of ether oxygens (including phenoxy) is 1. The van der Waals surface area contributed by atoms with Crippen LogP contribution in [0.15, 0.2) is 90.6 Å². The molecule has 0 aliphatic carbocycles. The van der Waals surface area contributed by atoms with E-state index < -0.39 is 17.7 Å². The van der Waals surface area contributed by atoms with Crippen LogP contribution in [0.25, 0.3) is 16.7 Å². The molecule has 2 heterocycles. The molecule has 3 aromatic carbocycles. The van der Waals surface area contributed by atoms with Gasteiger partial charge in [0.15, 0.2) is 0 Å². The zero-order valence-electron chi connectivity index (χ0n) is 18.2. The summed E-state index contributed by atoms with van der Waals surface area (Å²) in [7, 11) is 3.49. The topological polar surface area (TPSA) is 71.8 Å². The molecule has 33 heavy (non-hydrogen) atoms. The summed E-state index contributed by atoms with van der Waals surface area (Å²) in [5, 5.41) is 12.1. The number of aliphatic hydroxyl groups excluding tert-OH is 1. The number of aliphatic hydroxyl groups is 1. The second kappa shape index (κ2) is 7.98. The van der Waals surface area contributed by atoms with Crippen LogP contribution in [0.1, 0.15) is 17.2 Å². The van der Waals surface area contributed by atoms with Gasteiger partial charge in [0.2, 0.25) is 0 Å². The third kappa shape index (κ3) is 3.27. The van der Waals surface area contributed by atoms with Crippen molar-refractivity contribution in [3.63, 3.8) is 0 Å². The first-order valence-corrected chi connectivity index (χ1v) is 10.6. The van der Waals surface area contributed by atoms with Crippen LogP contribution < -0.4 is 9.64 Å². The molecule has 6 heteroatoms. The summed E-state index contributed by atoms with van der Waals surface area (Å²) in [5.74, 6) is -0.954. The van der Waals surface area contributed by atoms with Crippen molar-refractivity contribution in [3.05, 3.63) is 102 Å². The number of benzene rings is 3. The number of aromatic nitrogens is 1. The van der Waals surface area contributed by atoms with Crippen molar-refractivity contribution in [1.82, 2.24) is 4.57 Å². The number of aryl methyl sites for hydroxylation is 1. The molecule has 0 saturated carbocycles. The fourth-order valence-electron chi connectivity index (χ4n) is 4.48. The zero-order valence-corrected chi connectivity index (χ0v) is 18.2. The first-order chi connectivity index (χ1) is 16.0. The lowest BCUT2D eigenvalue weighted by Gasteiger charge is -2.25. The first kappa shape index (κ1) is 20.6. The van der Waals surface area contributed by atoms with Crippen LogP contribution in [0.3, 0.4) is 0 Å². The molecule has 164 valence electrons. The van der Waals surface area contributed by atoms with Gasteiger partial charge < -0.3 is 14.4 Å². The number of anilines is 1. The maximum atomic E-state index is 13.3. The van der Waals surface area contributed by atoms with Gasteiger partial charge in [-0.3, -0.25) is 14.5 Å². The van der Waals surface area contributed by atoms with Crippen molar-refractivity contribution in [1.29, 1.82) is 0 Å². The first-order valence-electron chi connectivity index (χ1n) is 10.6. The predicted molar refractivity (Wildman–Crippen MR) is 127 cm³/mol. The molecule has 5 rings (SSSR count).